The van der Waals surface area contributed by atoms with Crippen LogP contribution in [0.1, 0.15) is 40.3 Å². The Labute approximate surface area is 111 Å². The Balaban J connectivity index is 1.94. The van der Waals surface area contributed by atoms with Crippen LogP contribution in [-0.2, 0) is 6.54 Å². The van der Waals surface area contributed by atoms with Crippen molar-refractivity contribution < 1.29 is 14.4 Å². The van der Waals surface area contributed by atoms with Crippen LogP contribution in [0.2, 0.25) is 0 Å². The number of carboxylic acid groups (broad SMARTS) is 1. The third-order valence-corrected chi connectivity index (χ3v) is 2.94. The summed E-state index contributed by atoms with van der Waals surface area (Å²) in [5.74, 6) is -0.571. The number of aromatic nitrogens is 1. The van der Waals surface area contributed by atoms with Gasteiger partial charge in [-0.05, 0) is 19.4 Å². The predicted molar refractivity (Wildman–Crippen MR) is 69.9 cm³/mol. The third kappa shape index (κ3) is 3.42. The van der Waals surface area contributed by atoms with Crippen molar-refractivity contribution >= 4 is 5.97 Å². The number of aromatic carboxylic acids is 1. The number of carboxylic acids is 1. The highest BCUT2D eigenvalue weighted by Gasteiger charge is 2.11. The number of aryl methyl sites for hydroxylation is 1. The first-order chi connectivity index (χ1) is 9.06. The summed E-state index contributed by atoms with van der Waals surface area (Å²) < 4.78 is 4.94. The zero-order valence-corrected chi connectivity index (χ0v) is 10.9. The number of nitrogens with zero attached hydrogens (tertiary/aromatic N) is 1. The fourth-order valence-corrected chi connectivity index (χ4v) is 1.72. The summed E-state index contributed by atoms with van der Waals surface area (Å²) in [4.78, 5) is 10.7. The maximum absolute atomic E-state index is 10.7. The standard InChI is InChI=1S/C14H16N2O3/c1-9-3-5-11(6-4-9)10(2)15-8-12-7-13(14(17)18)16-19-12/h3-7,10,15H,8H2,1-2H3,(H,17,18)/t10-/m0/s1. The van der Waals surface area contributed by atoms with Gasteiger partial charge in [0.15, 0.2) is 11.5 Å². The van der Waals surface area contributed by atoms with E-state index in [1.54, 1.807) is 0 Å². The highest BCUT2D eigenvalue weighted by Crippen LogP contribution is 2.14. The molecule has 0 aliphatic rings. The molecule has 2 rings (SSSR count). The van der Waals surface area contributed by atoms with Crippen LogP contribution in [0.15, 0.2) is 34.9 Å². The molecule has 19 heavy (non-hydrogen) atoms. The molecule has 2 N–H and O–H groups in total. The van der Waals surface area contributed by atoms with Gasteiger partial charge in [-0.2, -0.15) is 0 Å². The van der Waals surface area contributed by atoms with Crippen molar-refractivity contribution in [1.29, 1.82) is 0 Å². The van der Waals surface area contributed by atoms with Gasteiger partial charge in [0.2, 0.25) is 0 Å². The molecule has 0 saturated heterocycles. The van der Waals surface area contributed by atoms with Gasteiger partial charge < -0.3 is 14.9 Å². The Hall–Kier alpha value is -2.14. The topological polar surface area (TPSA) is 75.4 Å². The molecule has 1 aromatic heterocycles. The van der Waals surface area contributed by atoms with E-state index in [4.69, 9.17) is 9.63 Å². The summed E-state index contributed by atoms with van der Waals surface area (Å²) in [6.07, 6.45) is 0. The number of carbonyl (C=O) groups is 1. The van der Waals surface area contributed by atoms with Crippen molar-refractivity contribution in [1.82, 2.24) is 10.5 Å². The summed E-state index contributed by atoms with van der Waals surface area (Å²) in [6, 6.07) is 9.83. The van der Waals surface area contributed by atoms with E-state index in [0.717, 1.165) is 0 Å². The van der Waals surface area contributed by atoms with E-state index >= 15 is 0 Å². The highest BCUT2D eigenvalue weighted by molar-refractivity contribution is 5.85. The van der Waals surface area contributed by atoms with Crippen LogP contribution in [0.4, 0.5) is 0 Å². The van der Waals surface area contributed by atoms with Crippen molar-refractivity contribution in [3.05, 3.63) is 52.9 Å². The lowest BCUT2D eigenvalue weighted by Gasteiger charge is -2.13. The Morgan fingerprint density at radius 1 is 1.42 bits per heavy atom. The Bertz CT molecular complexity index is 560. The predicted octanol–water partition coefficient (Wildman–Crippen LogP) is 2.53. The lowest BCUT2D eigenvalue weighted by atomic mass is 10.1. The molecular weight excluding hydrogens is 244 g/mol. The smallest absolute Gasteiger partial charge is 0.358 e. The largest absolute Gasteiger partial charge is 0.476 e. The molecule has 0 fully saturated rings. The van der Waals surface area contributed by atoms with Crippen molar-refractivity contribution in [3.8, 4) is 0 Å². The average molecular weight is 260 g/mol. The first-order valence-electron chi connectivity index (χ1n) is 6.05. The van der Waals surface area contributed by atoms with E-state index in [9.17, 15) is 4.79 Å². The van der Waals surface area contributed by atoms with Crippen molar-refractivity contribution in [2.75, 3.05) is 0 Å². The second-order valence-electron chi connectivity index (χ2n) is 4.50. The highest BCUT2D eigenvalue weighted by atomic mass is 16.5. The van der Waals surface area contributed by atoms with E-state index in [1.165, 1.54) is 17.2 Å². The summed E-state index contributed by atoms with van der Waals surface area (Å²) in [7, 11) is 0. The second-order valence-corrected chi connectivity index (χ2v) is 4.50. The van der Waals surface area contributed by atoms with E-state index in [1.807, 2.05) is 13.8 Å². The molecule has 0 aliphatic carbocycles. The first-order valence-corrected chi connectivity index (χ1v) is 6.05. The molecule has 1 atom stereocenters. The van der Waals surface area contributed by atoms with Crippen LogP contribution in [0.5, 0.6) is 0 Å². The summed E-state index contributed by atoms with van der Waals surface area (Å²) in [5, 5.41) is 15.5. The summed E-state index contributed by atoms with van der Waals surface area (Å²) in [6.45, 7) is 4.53. The molecule has 1 heterocycles. The molecule has 0 amide bonds. The molecule has 100 valence electrons. The van der Waals surface area contributed by atoms with Crippen molar-refractivity contribution in [2.24, 2.45) is 0 Å². The lowest BCUT2D eigenvalue weighted by molar-refractivity contribution is 0.0685. The molecule has 0 bridgehead atoms. The zero-order chi connectivity index (χ0) is 13.8. The molecule has 0 aliphatic heterocycles. The molecule has 2 aromatic rings. The molecular formula is C14H16N2O3. The fourth-order valence-electron chi connectivity index (χ4n) is 1.72. The fraction of sp³-hybridized carbons (Fsp3) is 0.286. The SMILES string of the molecule is Cc1ccc([C@H](C)NCc2cc(C(=O)O)no2)cc1. The van der Waals surface area contributed by atoms with Crippen molar-refractivity contribution in [2.45, 2.75) is 26.4 Å². The van der Waals surface area contributed by atoms with Crippen LogP contribution in [-0.4, -0.2) is 16.2 Å². The van der Waals surface area contributed by atoms with Crippen LogP contribution in [0, 0.1) is 6.92 Å². The van der Waals surface area contributed by atoms with E-state index in [0.29, 0.717) is 12.3 Å². The normalized spacial score (nSPS) is 12.3. The Morgan fingerprint density at radius 2 is 2.11 bits per heavy atom. The molecule has 0 spiro atoms. The maximum atomic E-state index is 10.7. The van der Waals surface area contributed by atoms with E-state index < -0.39 is 5.97 Å². The average Bonchev–Trinajstić information content (AvgIpc) is 2.86. The molecule has 0 unspecified atom stereocenters. The van der Waals surface area contributed by atoms with Gasteiger partial charge >= 0.3 is 5.97 Å². The second kappa shape index (κ2) is 5.67. The molecule has 1 aromatic carbocycles. The van der Waals surface area contributed by atoms with Gasteiger partial charge in [-0.25, -0.2) is 4.79 Å². The zero-order valence-electron chi connectivity index (χ0n) is 10.9. The van der Waals surface area contributed by atoms with E-state index in [2.05, 4.69) is 34.7 Å². The molecule has 5 heteroatoms. The quantitative estimate of drug-likeness (QED) is 0.864. The first kappa shape index (κ1) is 13.3. The summed E-state index contributed by atoms with van der Waals surface area (Å²) >= 11 is 0. The Morgan fingerprint density at radius 3 is 2.68 bits per heavy atom. The monoisotopic (exact) mass is 260 g/mol. The van der Waals surface area contributed by atoms with Crippen molar-refractivity contribution in [3.63, 3.8) is 0 Å². The number of benzene rings is 1. The minimum atomic E-state index is -1.08. The van der Waals surface area contributed by atoms with Crippen LogP contribution in [0.25, 0.3) is 0 Å². The van der Waals surface area contributed by atoms with Gasteiger partial charge in [-0.1, -0.05) is 35.0 Å². The van der Waals surface area contributed by atoms with E-state index in [-0.39, 0.29) is 11.7 Å². The van der Waals surface area contributed by atoms with Gasteiger partial charge in [0.05, 0.1) is 6.54 Å². The number of nitrogens with one attached hydrogen (secondary N) is 1. The maximum Gasteiger partial charge on any atom is 0.358 e. The lowest BCUT2D eigenvalue weighted by Crippen LogP contribution is -2.17. The molecule has 0 radical (unpaired) electrons. The van der Waals surface area contributed by atoms with Gasteiger partial charge in [-0.3, -0.25) is 0 Å². The van der Waals surface area contributed by atoms with Gasteiger partial charge in [-0.15, -0.1) is 0 Å². The Kier molecular flexibility index (Phi) is 3.97. The number of hydrogen-bond donors (Lipinski definition) is 2. The minimum Gasteiger partial charge on any atom is -0.476 e. The minimum absolute atomic E-state index is 0.0696. The van der Waals surface area contributed by atoms with Crippen LogP contribution < -0.4 is 5.32 Å². The number of hydrogen-bond acceptors (Lipinski definition) is 4. The van der Waals surface area contributed by atoms with Gasteiger partial charge in [0.25, 0.3) is 0 Å². The van der Waals surface area contributed by atoms with Gasteiger partial charge in [0, 0.05) is 12.1 Å². The number of rotatable bonds is 5. The van der Waals surface area contributed by atoms with Crippen LogP contribution in [0.3, 0.4) is 0 Å². The molecule has 5 nitrogen and oxygen atoms in total. The van der Waals surface area contributed by atoms with Gasteiger partial charge in [0.1, 0.15) is 0 Å². The van der Waals surface area contributed by atoms with Crippen LogP contribution >= 0.6 is 0 Å². The summed E-state index contributed by atoms with van der Waals surface area (Å²) in [5.41, 5.74) is 2.32. The third-order valence-electron chi connectivity index (χ3n) is 2.94. The molecule has 0 saturated carbocycles.